The van der Waals surface area contributed by atoms with Crippen LogP contribution in [0, 0.1) is 5.92 Å². The summed E-state index contributed by atoms with van der Waals surface area (Å²) >= 11 is 0. The molecule has 2 aliphatic rings. The van der Waals surface area contributed by atoms with Gasteiger partial charge in [0.15, 0.2) is 0 Å². The van der Waals surface area contributed by atoms with Crippen molar-refractivity contribution < 1.29 is 5.11 Å². The molecule has 2 rings (SSSR count). The Hall–Kier alpha value is -0.120. The van der Waals surface area contributed by atoms with Crippen LogP contribution < -0.4 is 5.32 Å². The summed E-state index contributed by atoms with van der Waals surface area (Å²) in [4.78, 5) is 2.41. The standard InChI is InChI=1S/C13H26N2O/c1-2-13(16)10-15-7-5-12(6-8-15)14-9-11-3-4-11/h11-14,16H,2-10H2,1H3. The molecule has 94 valence electrons. The average molecular weight is 226 g/mol. The first-order chi connectivity index (χ1) is 7.78. The normalized spacial score (nSPS) is 25.9. The number of β-amino-alcohol motifs (C(OH)–C–C–N with tert-alkyl or cyclic N) is 1. The Morgan fingerprint density at radius 2 is 1.94 bits per heavy atom. The molecule has 0 amide bonds. The van der Waals surface area contributed by atoms with Crippen LogP contribution in [0.5, 0.6) is 0 Å². The summed E-state index contributed by atoms with van der Waals surface area (Å²) in [5, 5.41) is 13.3. The number of nitrogens with one attached hydrogen (secondary N) is 1. The molecule has 3 heteroatoms. The molecule has 0 aromatic rings. The van der Waals surface area contributed by atoms with Crippen molar-refractivity contribution in [2.45, 2.75) is 51.2 Å². The van der Waals surface area contributed by atoms with Gasteiger partial charge in [-0.15, -0.1) is 0 Å². The topological polar surface area (TPSA) is 35.5 Å². The van der Waals surface area contributed by atoms with E-state index in [1.807, 2.05) is 0 Å². The second kappa shape index (κ2) is 5.99. The van der Waals surface area contributed by atoms with E-state index in [9.17, 15) is 5.11 Å². The first-order valence-electron chi connectivity index (χ1n) is 6.91. The minimum absolute atomic E-state index is 0.129. The van der Waals surface area contributed by atoms with Gasteiger partial charge in [0.05, 0.1) is 6.10 Å². The molecule has 2 fully saturated rings. The van der Waals surface area contributed by atoms with E-state index in [-0.39, 0.29) is 6.10 Å². The highest BCUT2D eigenvalue weighted by atomic mass is 16.3. The number of hydrogen-bond acceptors (Lipinski definition) is 3. The molecule has 1 aliphatic carbocycles. The zero-order valence-electron chi connectivity index (χ0n) is 10.5. The second-order valence-electron chi connectivity index (χ2n) is 5.49. The molecule has 1 atom stereocenters. The van der Waals surface area contributed by atoms with Crippen molar-refractivity contribution in [1.29, 1.82) is 0 Å². The molecular formula is C13H26N2O. The summed E-state index contributed by atoms with van der Waals surface area (Å²) in [5.74, 6) is 0.986. The highest BCUT2D eigenvalue weighted by Crippen LogP contribution is 2.28. The number of rotatable bonds is 6. The number of aliphatic hydroxyl groups is 1. The Balaban J connectivity index is 1.57. The molecule has 0 aromatic heterocycles. The van der Waals surface area contributed by atoms with Gasteiger partial charge in [-0.1, -0.05) is 6.92 Å². The molecule has 1 saturated heterocycles. The van der Waals surface area contributed by atoms with Crippen LogP contribution in [0.25, 0.3) is 0 Å². The van der Waals surface area contributed by atoms with Gasteiger partial charge in [0.2, 0.25) is 0 Å². The smallest absolute Gasteiger partial charge is 0.0664 e. The number of hydrogen-bond donors (Lipinski definition) is 2. The Morgan fingerprint density at radius 3 is 2.50 bits per heavy atom. The van der Waals surface area contributed by atoms with Crippen molar-refractivity contribution in [3.63, 3.8) is 0 Å². The SMILES string of the molecule is CCC(O)CN1CCC(NCC2CC2)CC1. The van der Waals surface area contributed by atoms with Crippen molar-refractivity contribution in [2.24, 2.45) is 5.92 Å². The highest BCUT2D eigenvalue weighted by Gasteiger charge is 2.24. The quantitative estimate of drug-likeness (QED) is 0.715. The van der Waals surface area contributed by atoms with Gasteiger partial charge in [0.1, 0.15) is 0 Å². The molecule has 1 heterocycles. The molecule has 0 spiro atoms. The van der Waals surface area contributed by atoms with Gasteiger partial charge < -0.3 is 15.3 Å². The minimum Gasteiger partial charge on any atom is -0.392 e. The molecule has 16 heavy (non-hydrogen) atoms. The Kier molecular flexibility index (Phi) is 4.62. The molecule has 0 radical (unpaired) electrons. The number of aliphatic hydroxyl groups excluding tert-OH is 1. The third-order valence-corrected chi connectivity index (χ3v) is 3.92. The van der Waals surface area contributed by atoms with Crippen molar-refractivity contribution in [1.82, 2.24) is 10.2 Å². The molecule has 2 N–H and O–H groups in total. The van der Waals surface area contributed by atoms with Crippen LogP contribution in [-0.2, 0) is 0 Å². The molecule has 3 nitrogen and oxygen atoms in total. The Morgan fingerprint density at radius 1 is 1.25 bits per heavy atom. The highest BCUT2D eigenvalue weighted by molar-refractivity contribution is 4.82. The molecule has 1 unspecified atom stereocenters. The maximum Gasteiger partial charge on any atom is 0.0664 e. The van der Waals surface area contributed by atoms with E-state index >= 15 is 0 Å². The zero-order valence-corrected chi connectivity index (χ0v) is 10.5. The monoisotopic (exact) mass is 226 g/mol. The van der Waals surface area contributed by atoms with Crippen molar-refractivity contribution >= 4 is 0 Å². The molecule has 1 aliphatic heterocycles. The van der Waals surface area contributed by atoms with Crippen molar-refractivity contribution in [2.75, 3.05) is 26.2 Å². The van der Waals surface area contributed by atoms with Crippen LogP contribution >= 0.6 is 0 Å². The zero-order chi connectivity index (χ0) is 11.4. The van der Waals surface area contributed by atoms with Gasteiger partial charge in [-0.2, -0.15) is 0 Å². The second-order valence-corrected chi connectivity index (χ2v) is 5.49. The average Bonchev–Trinajstić information content (AvgIpc) is 3.12. The van der Waals surface area contributed by atoms with E-state index in [0.717, 1.165) is 38.0 Å². The maximum atomic E-state index is 9.60. The maximum absolute atomic E-state index is 9.60. The van der Waals surface area contributed by atoms with E-state index in [2.05, 4.69) is 17.1 Å². The van der Waals surface area contributed by atoms with Crippen molar-refractivity contribution in [3.8, 4) is 0 Å². The van der Waals surface area contributed by atoms with Crippen LogP contribution in [0.15, 0.2) is 0 Å². The summed E-state index contributed by atoms with van der Waals surface area (Å²) in [6, 6.07) is 0.732. The molecular weight excluding hydrogens is 200 g/mol. The first-order valence-corrected chi connectivity index (χ1v) is 6.91. The summed E-state index contributed by atoms with van der Waals surface area (Å²) in [5.41, 5.74) is 0. The molecule has 0 bridgehead atoms. The lowest BCUT2D eigenvalue weighted by molar-refractivity contribution is 0.0915. The first kappa shape index (κ1) is 12.3. The number of piperidine rings is 1. The van der Waals surface area contributed by atoms with E-state index in [1.165, 1.54) is 32.2 Å². The van der Waals surface area contributed by atoms with E-state index in [0.29, 0.717) is 0 Å². The summed E-state index contributed by atoms with van der Waals surface area (Å²) in [6.07, 6.45) is 6.13. The van der Waals surface area contributed by atoms with Gasteiger partial charge in [-0.25, -0.2) is 0 Å². The third kappa shape index (κ3) is 4.04. The van der Waals surface area contributed by atoms with Crippen molar-refractivity contribution in [3.05, 3.63) is 0 Å². The lowest BCUT2D eigenvalue weighted by atomic mass is 10.0. The minimum atomic E-state index is -0.129. The van der Waals surface area contributed by atoms with E-state index in [4.69, 9.17) is 0 Å². The number of likely N-dealkylation sites (tertiary alicyclic amines) is 1. The predicted molar refractivity (Wildman–Crippen MR) is 66.5 cm³/mol. The Labute approximate surface area is 99.2 Å². The number of nitrogens with zero attached hydrogens (tertiary/aromatic N) is 1. The third-order valence-electron chi connectivity index (χ3n) is 3.92. The van der Waals surface area contributed by atoms with Crippen LogP contribution in [-0.4, -0.2) is 48.3 Å². The lowest BCUT2D eigenvalue weighted by Crippen LogP contribution is -2.45. The van der Waals surface area contributed by atoms with Gasteiger partial charge in [-0.05, 0) is 57.7 Å². The molecule has 0 aromatic carbocycles. The van der Waals surface area contributed by atoms with Gasteiger partial charge in [0.25, 0.3) is 0 Å². The van der Waals surface area contributed by atoms with Crippen LogP contribution in [0.3, 0.4) is 0 Å². The van der Waals surface area contributed by atoms with Gasteiger partial charge in [0, 0.05) is 12.6 Å². The van der Waals surface area contributed by atoms with Crippen LogP contribution in [0.1, 0.15) is 39.0 Å². The van der Waals surface area contributed by atoms with E-state index in [1.54, 1.807) is 0 Å². The van der Waals surface area contributed by atoms with Gasteiger partial charge >= 0.3 is 0 Å². The predicted octanol–water partition coefficient (Wildman–Crippen LogP) is 1.22. The van der Waals surface area contributed by atoms with Crippen LogP contribution in [0.4, 0.5) is 0 Å². The van der Waals surface area contributed by atoms with Crippen LogP contribution in [0.2, 0.25) is 0 Å². The Bertz CT molecular complexity index is 198. The summed E-state index contributed by atoms with van der Waals surface area (Å²) < 4.78 is 0. The largest absolute Gasteiger partial charge is 0.392 e. The fraction of sp³-hybridized carbons (Fsp3) is 1.00. The fourth-order valence-corrected chi connectivity index (χ4v) is 2.40. The molecule has 1 saturated carbocycles. The fourth-order valence-electron chi connectivity index (χ4n) is 2.40. The summed E-state index contributed by atoms with van der Waals surface area (Å²) in [7, 11) is 0. The lowest BCUT2D eigenvalue weighted by Gasteiger charge is -2.33. The van der Waals surface area contributed by atoms with E-state index < -0.39 is 0 Å². The van der Waals surface area contributed by atoms with Gasteiger partial charge in [-0.3, -0.25) is 0 Å². The summed E-state index contributed by atoms with van der Waals surface area (Å²) in [6.45, 7) is 6.46.